The monoisotopic (exact) mass is 1110 g/mol. The molecule has 76 heavy (non-hydrogen) atoms. The maximum atomic E-state index is 14.4. The number of ether oxygens (including phenoxy) is 7. The Kier molecular flexibility index (Phi) is 20.5. The lowest BCUT2D eigenvalue weighted by Crippen LogP contribution is -2.65. The number of ketones is 1. The van der Waals surface area contributed by atoms with Gasteiger partial charge in [-0.2, -0.15) is 8.42 Å². The van der Waals surface area contributed by atoms with E-state index >= 15 is 0 Å². The summed E-state index contributed by atoms with van der Waals surface area (Å²) in [5.41, 5.74) is -5.00. The van der Waals surface area contributed by atoms with Gasteiger partial charge in [-0.05, 0) is 87.4 Å². The predicted molar refractivity (Wildman–Crippen MR) is 279 cm³/mol. The number of aryl methyl sites for hydroxylation is 1. The summed E-state index contributed by atoms with van der Waals surface area (Å²) >= 11 is 1.31. The van der Waals surface area contributed by atoms with E-state index in [1.165, 1.54) is 38.4 Å². The molecule has 1 saturated carbocycles. The van der Waals surface area contributed by atoms with Crippen molar-refractivity contribution >= 4 is 50.5 Å². The molecule has 0 bridgehead atoms. The van der Waals surface area contributed by atoms with Crippen molar-refractivity contribution < 1.29 is 80.6 Å². The molecule has 5 heterocycles. The Balaban J connectivity index is 1.19. The molecule has 18 atom stereocenters. The zero-order valence-electron chi connectivity index (χ0n) is 46.1. The second-order valence-electron chi connectivity index (χ2n) is 22.0. The number of carbonyl (C=O) groups is 3. The molecule has 5 N–H and O–H groups in total. The van der Waals surface area contributed by atoms with E-state index in [9.17, 15) is 48.0 Å². The number of hydrogen-bond donors (Lipinski definition) is 5. The van der Waals surface area contributed by atoms with Crippen molar-refractivity contribution in [3.8, 4) is 0 Å². The van der Waals surface area contributed by atoms with Crippen molar-refractivity contribution in [2.24, 2.45) is 23.7 Å². The van der Waals surface area contributed by atoms with E-state index in [4.69, 9.17) is 37.3 Å². The Morgan fingerprint density at radius 2 is 1.64 bits per heavy atom. The second-order valence-corrected chi connectivity index (χ2v) is 24.8. The standard InChI is InChI=1S/C52H82N4O18S2/c1-14-56-26-34(47(61)62)41(58)33-22-38(54-25-36(33)56)75-19-17-53-18-20-76(65,66)74-46-32(7)70-39(24-51(46,9)68-13)72-43-30(5)45(73-49-42(59)35(55(10)11)21-28(3)69-49)50(8,67-12)23-27(2)40(57)29(4)44(60)52(64)16-15-37(52)71-48(63)31(43)6/h22,25-32,35,37,39,42-46,49,53,59-60,64H,14-21,23-24H2,1-13H3,(H,61,62)/t27-,28-,29+,30+,31-,32+,35+,37-,39+,42-,43+,44-,45-,46+,49+,50-,51-,52-/m1/s1. The van der Waals surface area contributed by atoms with Crippen molar-refractivity contribution in [2.45, 2.75) is 190 Å². The van der Waals surface area contributed by atoms with Gasteiger partial charge in [-0.1, -0.05) is 20.8 Å². The van der Waals surface area contributed by atoms with Gasteiger partial charge in [0.05, 0.1) is 75.5 Å². The molecular weight excluding hydrogens is 1030 g/mol. The minimum absolute atomic E-state index is 0.0205. The van der Waals surface area contributed by atoms with Crippen LogP contribution in [0.2, 0.25) is 0 Å². The number of nitrogens with zero attached hydrogens (tertiary/aromatic N) is 3. The molecule has 0 spiro atoms. The van der Waals surface area contributed by atoms with E-state index in [-0.39, 0.29) is 61.1 Å². The maximum Gasteiger partial charge on any atom is 0.341 e. The summed E-state index contributed by atoms with van der Waals surface area (Å²) in [4.78, 5) is 59.6. The van der Waals surface area contributed by atoms with E-state index < -0.39 is 129 Å². The summed E-state index contributed by atoms with van der Waals surface area (Å²) < 4.78 is 79.6. The van der Waals surface area contributed by atoms with E-state index in [0.717, 1.165) is 0 Å². The van der Waals surface area contributed by atoms with Crippen molar-refractivity contribution in [1.82, 2.24) is 19.8 Å². The number of aliphatic hydroxyl groups is 3. The molecule has 0 amide bonds. The number of hydrogen-bond acceptors (Lipinski definition) is 21. The van der Waals surface area contributed by atoms with Crippen molar-refractivity contribution in [2.75, 3.05) is 52.9 Å². The molecule has 3 saturated heterocycles. The van der Waals surface area contributed by atoms with Crippen LogP contribution in [0.1, 0.15) is 105 Å². The first kappa shape index (κ1) is 62.0. The van der Waals surface area contributed by atoms with Crippen LogP contribution in [0, 0.1) is 23.7 Å². The van der Waals surface area contributed by atoms with Crippen molar-refractivity contribution in [1.29, 1.82) is 0 Å². The van der Waals surface area contributed by atoms with Crippen LogP contribution >= 0.6 is 11.8 Å². The molecule has 2 aromatic rings. The normalized spacial score (nSPS) is 38.0. The molecule has 4 aliphatic rings. The highest BCUT2D eigenvalue weighted by atomic mass is 32.2. The van der Waals surface area contributed by atoms with Gasteiger partial charge in [-0.3, -0.25) is 18.6 Å². The molecule has 0 unspecified atom stereocenters. The van der Waals surface area contributed by atoms with Gasteiger partial charge in [-0.15, -0.1) is 11.8 Å². The molecule has 4 fully saturated rings. The maximum absolute atomic E-state index is 14.4. The van der Waals surface area contributed by atoms with Gasteiger partial charge in [0.1, 0.15) is 35.3 Å². The molecule has 1 aliphatic carbocycles. The van der Waals surface area contributed by atoms with Crippen LogP contribution in [-0.2, 0) is 63.6 Å². The van der Waals surface area contributed by atoms with Crippen LogP contribution < -0.4 is 10.7 Å². The Hall–Kier alpha value is -3.21. The van der Waals surface area contributed by atoms with Crippen LogP contribution in [0.5, 0.6) is 0 Å². The van der Waals surface area contributed by atoms with Gasteiger partial charge < -0.3 is 68.4 Å². The fourth-order valence-corrected chi connectivity index (χ4v) is 13.4. The fraction of sp³-hybridized carbons (Fsp3) is 0.788. The third-order valence-corrected chi connectivity index (χ3v) is 18.4. The lowest BCUT2D eigenvalue weighted by molar-refractivity contribution is -0.318. The summed E-state index contributed by atoms with van der Waals surface area (Å²) in [7, 11) is 2.37. The van der Waals surface area contributed by atoms with Crippen LogP contribution in [0.3, 0.4) is 0 Å². The smallest absolute Gasteiger partial charge is 0.341 e. The highest BCUT2D eigenvalue weighted by Crippen LogP contribution is 2.45. The van der Waals surface area contributed by atoms with Gasteiger partial charge in [0, 0.05) is 76.0 Å². The number of carboxylic acids is 1. The number of methoxy groups -OCH3 is 2. The zero-order chi connectivity index (χ0) is 56.4. The molecule has 0 aromatic carbocycles. The average Bonchev–Trinajstić information content (AvgIpc) is 3.37. The number of esters is 1. The Bertz CT molecular complexity index is 2540. The minimum atomic E-state index is -4.22. The SMILES string of the molecule is CCn1cc(C(=O)O)c(=O)c2cc(SCCNCCS(=O)(=O)O[C@H]3[C@H](C)O[C@@H](O[C@H]4[C@H](C)[C@@H](O[C@@H]5O[C@H](C)C[C@H](N(C)C)[C@H]5O)[C@](C)(OC)C[C@@H](C)C(=O)[C@H](C)[C@@H](O)[C@@]5(O)CC[C@H]5OC(=O)[C@@H]4C)C[C@@]3(C)OC)ncc21. The molecule has 22 nitrogen and oxygen atoms in total. The summed E-state index contributed by atoms with van der Waals surface area (Å²) in [6.07, 6.45) is -7.19. The number of rotatable bonds is 18. The first-order valence-corrected chi connectivity index (χ1v) is 28.8. The topological polar surface area (TPSA) is 290 Å². The highest BCUT2D eigenvalue weighted by Gasteiger charge is 2.58. The van der Waals surface area contributed by atoms with Crippen LogP contribution in [0.15, 0.2) is 28.3 Å². The number of likely N-dealkylation sites (N-methyl/N-ethyl adjacent to an activating group) is 1. The minimum Gasteiger partial charge on any atom is -0.477 e. The molecule has 0 radical (unpaired) electrons. The fourth-order valence-electron chi connectivity index (χ4n) is 11.4. The molecule has 24 heteroatoms. The molecule has 6 rings (SSSR count). The summed E-state index contributed by atoms with van der Waals surface area (Å²) in [6.45, 7) is 16.2. The van der Waals surface area contributed by atoms with Crippen LogP contribution in [-0.4, -0.2) is 198 Å². The van der Waals surface area contributed by atoms with E-state index in [1.807, 2.05) is 32.8 Å². The largest absolute Gasteiger partial charge is 0.477 e. The van der Waals surface area contributed by atoms with Crippen molar-refractivity contribution in [3.05, 3.63) is 34.2 Å². The molecule has 3 aliphatic heterocycles. The first-order chi connectivity index (χ1) is 35.5. The lowest BCUT2D eigenvalue weighted by Gasteiger charge is -2.51. The third-order valence-electron chi connectivity index (χ3n) is 16.3. The second kappa shape index (κ2) is 25.1. The first-order valence-electron chi connectivity index (χ1n) is 26.3. The van der Waals surface area contributed by atoms with Gasteiger partial charge in [0.25, 0.3) is 10.1 Å². The number of carboxylic acid groups (broad SMARTS) is 1. The average molecular weight is 1120 g/mol. The van der Waals surface area contributed by atoms with Gasteiger partial charge in [0.2, 0.25) is 5.43 Å². The Morgan fingerprint density at radius 1 is 0.974 bits per heavy atom. The van der Waals surface area contributed by atoms with Crippen LogP contribution in [0.4, 0.5) is 0 Å². The highest BCUT2D eigenvalue weighted by molar-refractivity contribution is 7.99. The van der Waals surface area contributed by atoms with Crippen molar-refractivity contribution in [3.63, 3.8) is 0 Å². The van der Waals surface area contributed by atoms with Gasteiger partial charge in [-0.25, -0.2) is 9.78 Å². The number of aromatic carboxylic acids is 1. The predicted octanol–water partition coefficient (Wildman–Crippen LogP) is 2.97. The van der Waals surface area contributed by atoms with E-state index in [1.54, 1.807) is 59.1 Å². The van der Waals surface area contributed by atoms with E-state index in [2.05, 4.69) is 10.3 Å². The molecule has 430 valence electrons. The number of nitrogens with one attached hydrogen (secondary N) is 1. The molecule has 2 aromatic heterocycles. The van der Waals surface area contributed by atoms with E-state index in [0.29, 0.717) is 35.8 Å². The lowest BCUT2D eigenvalue weighted by atomic mass is 9.67. The Labute approximate surface area is 450 Å². The number of aliphatic hydroxyl groups excluding tert-OH is 2. The number of fused-ring (bicyclic) bond motifs is 2. The number of aromatic nitrogens is 2. The summed E-state index contributed by atoms with van der Waals surface area (Å²) in [5.74, 6) is -6.15. The number of thioether (sulfide) groups is 1. The molecular formula is C52H82N4O18S2. The quantitative estimate of drug-likeness (QED) is 0.0621. The number of Topliss-reactive ketones (excluding diaryl/α,β-unsaturated/α-hetero) is 1. The zero-order valence-corrected chi connectivity index (χ0v) is 47.8. The summed E-state index contributed by atoms with van der Waals surface area (Å²) in [5, 5.41) is 48.4. The summed E-state index contributed by atoms with van der Waals surface area (Å²) in [6, 6.07) is 1.21. The number of pyridine rings is 2. The number of carbonyl (C=O) groups excluding carboxylic acids is 2. The van der Waals surface area contributed by atoms with Gasteiger partial charge in [0.15, 0.2) is 12.6 Å². The van der Waals surface area contributed by atoms with Crippen LogP contribution in [0.25, 0.3) is 10.9 Å². The third kappa shape index (κ3) is 13.3. The Morgan fingerprint density at radius 3 is 2.25 bits per heavy atom. The van der Waals surface area contributed by atoms with Gasteiger partial charge >= 0.3 is 11.9 Å².